The summed E-state index contributed by atoms with van der Waals surface area (Å²) in [5.41, 5.74) is 1.34. The van der Waals surface area contributed by atoms with Crippen molar-refractivity contribution in [2.45, 2.75) is 62.8 Å². The van der Waals surface area contributed by atoms with E-state index in [1.54, 1.807) is 6.07 Å². The molecule has 11 heteroatoms. The van der Waals surface area contributed by atoms with Gasteiger partial charge in [0.15, 0.2) is 5.82 Å². The smallest absolute Gasteiger partial charge is 0.151 e. The summed E-state index contributed by atoms with van der Waals surface area (Å²) in [5.74, 6) is 0.476. The van der Waals surface area contributed by atoms with E-state index in [0.29, 0.717) is 56.4 Å². The van der Waals surface area contributed by atoms with Crippen LogP contribution in [0.3, 0.4) is 0 Å². The molecule has 200 valence electrons. The molecule has 0 aliphatic heterocycles. The third kappa shape index (κ3) is 4.16. The summed E-state index contributed by atoms with van der Waals surface area (Å²) >= 11 is 14.2. The number of aliphatic hydroxyl groups is 1. The number of halogens is 3. The molecule has 2 bridgehead atoms. The first kappa shape index (κ1) is 25.4. The predicted octanol–water partition coefficient (Wildman–Crippen LogP) is 7.13. The standard InChI is InChI=1S/C28H23Cl2FN4O3S/c29-19-10-33-11-20(30)23(19)24-18(26(38-35-24)14-1-2-14)12-37-17-7-15-3-4-16(8-17)28(15,36)27-34-25-21(31)5-13(9-32)6-22(25)39-27/h5-6,10-11,14-17,36H,1-4,7-8,12H2/t15-,16+,17?,28?. The molecule has 39 heavy (non-hydrogen) atoms. The van der Waals surface area contributed by atoms with Gasteiger partial charge in [-0.05, 0) is 62.5 Å². The van der Waals surface area contributed by atoms with Gasteiger partial charge < -0.3 is 14.4 Å². The Morgan fingerprint density at radius 1 is 1.15 bits per heavy atom. The van der Waals surface area contributed by atoms with Crippen LogP contribution in [0.25, 0.3) is 21.5 Å². The summed E-state index contributed by atoms with van der Waals surface area (Å²) < 4.78 is 27.4. The van der Waals surface area contributed by atoms with Gasteiger partial charge in [-0.3, -0.25) is 4.98 Å². The van der Waals surface area contributed by atoms with Crippen molar-refractivity contribution < 1.29 is 18.8 Å². The predicted molar refractivity (Wildman–Crippen MR) is 144 cm³/mol. The van der Waals surface area contributed by atoms with Crippen LogP contribution >= 0.6 is 34.5 Å². The van der Waals surface area contributed by atoms with Gasteiger partial charge in [0, 0.05) is 29.4 Å². The van der Waals surface area contributed by atoms with Gasteiger partial charge in [0.2, 0.25) is 0 Å². The summed E-state index contributed by atoms with van der Waals surface area (Å²) in [7, 11) is 0. The van der Waals surface area contributed by atoms with E-state index in [2.05, 4.69) is 15.1 Å². The van der Waals surface area contributed by atoms with Crippen LogP contribution in [-0.2, 0) is 16.9 Å². The number of thiazole rings is 1. The minimum atomic E-state index is -1.14. The molecule has 3 heterocycles. The highest BCUT2D eigenvalue weighted by Gasteiger charge is 2.56. The first-order valence-electron chi connectivity index (χ1n) is 13.0. The Bertz CT molecular complexity index is 1610. The number of pyridine rings is 1. The molecule has 4 aromatic rings. The van der Waals surface area contributed by atoms with Crippen molar-refractivity contribution in [2.24, 2.45) is 11.8 Å². The number of benzene rings is 1. The number of hydrogen-bond donors (Lipinski definition) is 1. The fraction of sp³-hybridized carbons (Fsp3) is 0.429. The Kier molecular flexibility index (Phi) is 6.18. The molecular weight excluding hydrogens is 562 g/mol. The fourth-order valence-corrected chi connectivity index (χ4v) is 8.19. The van der Waals surface area contributed by atoms with Crippen LogP contribution in [-0.4, -0.2) is 26.3 Å². The lowest BCUT2D eigenvalue weighted by Crippen LogP contribution is -2.44. The van der Waals surface area contributed by atoms with Crippen LogP contribution in [0.5, 0.6) is 0 Å². The average Bonchev–Trinajstić information content (AvgIpc) is 3.49. The second-order valence-corrected chi connectivity index (χ2v) is 12.6. The topological polar surface area (TPSA) is 105 Å². The zero-order valence-corrected chi connectivity index (χ0v) is 23.0. The third-order valence-corrected chi connectivity index (χ3v) is 10.2. The Morgan fingerprint density at radius 3 is 2.54 bits per heavy atom. The van der Waals surface area contributed by atoms with Crippen LogP contribution in [0.2, 0.25) is 10.0 Å². The summed E-state index contributed by atoms with van der Waals surface area (Å²) in [6, 6.07) is 4.81. The summed E-state index contributed by atoms with van der Waals surface area (Å²) in [6.07, 6.45) is 8.08. The molecule has 3 aliphatic carbocycles. The van der Waals surface area contributed by atoms with Crippen LogP contribution in [0.4, 0.5) is 4.39 Å². The molecule has 3 aliphatic rings. The lowest BCUT2D eigenvalue weighted by Gasteiger charge is -2.41. The van der Waals surface area contributed by atoms with E-state index in [-0.39, 0.29) is 29.0 Å². The summed E-state index contributed by atoms with van der Waals surface area (Å²) in [4.78, 5) is 8.57. The van der Waals surface area contributed by atoms with E-state index in [0.717, 1.165) is 37.0 Å². The normalized spacial score (nSPS) is 26.3. The number of fused-ring (bicyclic) bond motifs is 3. The van der Waals surface area contributed by atoms with E-state index in [1.165, 1.54) is 29.8 Å². The molecule has 2 unspecified atom stereocenters. The first-order valence-corrected chi connectivity index (χ1v) is 14.6. The third-order valence-electron chi connectivity index (χ3n) is 8.44. The summed E-state index contributed by atoms with van der Waals surface area (Å²) in [5, 5.41) is 26.8. The van der Waals surface area contributed by atoms with E-state index in [9.17, 15) is 14.8 Å². The largest absolute Gasteiger partial charge is 0.382 e. The van der Waals surface area contributed by atoms with Crippen LogP contribution in [0.15, 0.2) is 29.0 Å². The maximum atomic E-state index is 14.6. The highest BCUT2D eigenvalue weighted by Crippen LogP contribution is 2.57. The molecule has 3 fully saturated rings. The second kappa shape index (κ2) is 9.50. The highest BCUT2D eigenvalue weighted by molar-refractivity contribution is 7.18. The number of nitriles is 1. The first-order chi connectivity index (χ1) is 18.9. The van der Waals surface area contributed by atoms with Gasteiger partial charge in [0.25, 0.3) is 0 Å². The number of aromatic nitrogens is 3. The van der Waals surface area contributed by atoms with Crippen molar-refractivity contribution in [3.8, 4) is 17.3 Å². The van der Waals surface area contributed by atoms with E-state index in [1.807, 2.05) is 6.07 Å². The van der Waals surface area contributed by atoms with Crippen molar-refractivity contribution >= 4 is 44.8 Å². The van der Waals surface area contributed by atoms with Gasteiger partial charge in [-0.25, -0.2) is 9.37 Å². The molecule has 7 rings (SSSR count). The molecule has 3 saturated carbocycles. The molecule has 0 spiro atoms. The zero-order chi connectivity index (χ0) is 26.9. The average molecular weight is 585 g/mol. The van der Waals surface area contributed by atoms with E-state index in [4.69, 9.17) is 32.5 Å². The molecule has 3 aromatic heterocycles. The molecule has 7 nitrogen and oxygen atoms in total. The molecule has 4 atom stereocenters. The molecule has 0 radical (unpaired) electrons. The van der Waals surface area contributed by atoms with Crippen molar-refractivity contribution in [3.05, 3.63) is 62.3 Å². The maximum Gasteiger partial charge on any atom is 0.151 e. The number of nitrogens with zero attached hydrogens (tertiary/aromatic N) is 4. The van der Waals surface area contributed by atoms with Crippen molar-refractivity contribution in [3.63, 3.8) is 0 Å². The zero-order valence-electron chi connectivity index (χ0n) is 20.7. The number of ether oxygens (including phenoxy) is 1. The lowest BCUT2D eigenvalue weighted by atomic mass is 9.73. The van der Waals surface area contributed by atoms with Gasteiger partial charge >= 0.3 is 0 Å². The Morgan fingerprint density at radius 2 is 1.87 bits per heavy atom. The van der Waals surface area contributed by atoms with Crippen molar-refractivity contribution in [1.29, 1.82) is 5.26 Å². The molecular formula is C28H23Cl2FN4O3S. The lowest BCUT2D eigenvalue weighted by molar-refractivity contribution is -0.116. The van der Waals surface area contributed by atoms with Gasteiger partial charge in [0.05, 0.1) is 39.1 Å². The second-order valence-electron chi connectivity index (χ2n) is 10.8. The Labute approximate surface area is 237 Å². The molecule has 0 amide bonds. The highest BCUT2D eigenvalue weighted by atomic mass is 35.5. The van der Waals surface area contributed by atoms with Crippen molar-refractivity contribution in [2.75, 3.05) is 0 Å². The van der Waals surface area contributed by atoms with Crippen LogP contribution < -0.4 is 0 Å². The SMILES string of the molecule is N#Cc1cc(F)c2nc(C3(O)[C@@H]4CC[C@H]3CC(OCc3c(-c5c(Cl)cncc5Cl)noc3C3CC3)C4)sc2c1. The Balaban J connectivity index is 1.14. The summed E-state index contributed by atoms with van der Waals surface area (Å²) in [6.45, 7) is 0.297. The molecule has 1 aromatic carbocycles. The van der Waals surface area contributed by atoms with Gasteiger partial charge in [-0.2, -0.15) is 5.26 Å². The van der Waals surface area contributed by atoms with Crippen LogP contribution in [0, 0.1) is 29.0 Å². The van der Waals surface area contributed by atoms with Crippen molar-refractivity contribution in [1.82, 2.24) is 15.1 Å². The minimum absolute atomic E-state index is 0.0609. The quantitative estimate of drug-likeness (QED) is 0.257. The number of hydrogen-bond acceptors (Lipinski definition) is 8. The van der Waals surface area contributed by atoms with E-state index < -0.39 is 11.4 Å². The van der Waals surface area contributed by atoms with Gasteiger partial charge in [-0.1, -0.05) is 28.4 Å². The van der Waals surface area contributed by atoms with Gasteiger partial charge in [-0.15, -0.1) is 11.3 Å². The van der Waals surface area contributed by atoms with E-state index >= 15 is 0 Å². The maximum absolute atomic E-state index is 14.6. The Hall–Kier alpha value is -2.61. The molecule has 1 N–H and O–H groups in total. The monoisotopic (exact) mass is 584 g/mol. The minimum Gasteiger partial charge on any atom is -0.382 e. The molecule has 0 saturated heterocycles. The van der Waals surface area contributed by atoms with Gasteiger partial charge in [0.1, 0.15) is 27.6 Å². The van der Waals surface area contributed by atoms with Crippen LogP contribution in [0.1, 0.15) is 66.3 Å². The number of rotatable bonds is 6. The fourth-order valence-electron chi connectivity index (χ4n) is 6.37.